The largest absolute Gasteiger partial charge is 0.480 e. The number of carbonyl (C=O) groups is 2. The number of primary amides is 1. The maximum absolute atomic E-state index is 10.8. The highest BCUT2D eigenvalue weighted by Crippen LogP contribution is 1.96. The molecule has 0 aromatic rings. The molecule has 0 radical (unpaired) electrons. The number of halogens is 1. The van der Waals surface area contributed by atoms with Gasteiger partial charge in [-0.05, 0) is 20.5 Å². The highest BCUT2D eigenvalue weighted by Gasteiger charge is 2.16. The molecule has 0 aliphatic rings. The van der Waals surface area contributed by atoms with Crippen molar-refractivity contribution >= 4 is 24.3 Å². The van der Waals surface area contributed by atoms with Gasteiger partial charge in [0.2, 0.25) is 5.91 Å². The van der Waals surface area contributed by atoms with Crippen LogP contribution in [0, 0.1) is 0 Å². The molecule has 4 N–H and O–H groups in total. The van der Waals surface area contributed by atoms with Gasteiger partial charge in [-0.25, -0.2) is 0 Å². The van der Waals surface area contributed by atoms with Gasteiger partial charge in [-0.15, -0.1) is 12.4 Å². The first-order valence-electron chi connectivity index (χ1n) is 4.82. The Bertz CT molecular complexity index is 224. The van der Waals surface area contributed by atoms with Crippen LogP contribution >= 0.6 is 12.4 Å². The first-order chi connectivity index (χ1) is 6.93. The van der Waals surface area contributed by atoms with Crippen molar-refractivity contribution in [1.82, 2.24) is 10.2 Å². The topological polar surface area (TPSA) is 95.7 Å². The monoisotopic (exact) mass is 253 g/mol. The van der Waals surface area contributed by atoms with Gasteiger partial charge in [0.1, 0.15) is 6.04 Å². The van der Waals surface area contributed by atoms with E-state index in [1.54, 1.807) is 0 Å². The standard InChI is InChI=1S/C9H19N3O3.ClH/c1-12(2)6-5-11-7(9(14)15)3-4-8(10)13;/h7,11H,3-6H2,1-2H3,(H2,10,13)(H,14,15);1H/t7-;/m0./s1. The van der Waals surface area contributed by atoms with Crippen molar-refractivity contribution in [2.75, 3.05) is 27.2 Å². The van der Waals surface area contributed by atoms with E-state index in [4.69, 9.17) is 10.8 Å². The van der Waals surface area contributed by atoms with E-state index in [1.165, 1.54) is 0 Å². The number of carbonyl (C=O) groups excluding carboxylic acids is 1. The molecule has 0 saturated heterocycles. The lowest BCUT2D eigenvalue weighted by Crippen LogP contribution is -2.40. The van der Waals surface area contributed by atoms with Crippen LogP contribution in [0.25, 0.3) is 0 Å². The number of carboxylic acid groups (broad SMARTS) is 1. The first kappa shape index (κ1) is 17.5. The van der Waals surface area contributed by atoms with Crippen molar-refractivity contribution in [3.05, 3.63) is 0 Å². The van der Waals surface area contributed by atoms with Gasteiger partial charge in [0, 0.05) is 19.5 Å². The van der Waals surface area contributed by atoms with Crippen LogP contribution < -0.4 is 11.1 Å². The Labute approximate surface area is 102 Å². The average Bonchev–Trinajstić information content (AvgIpc) is 2.09. The minimum absolute atomic E-state index is 0. The quantitative estimate of drug-likeness (QED) is 0.531. The predicted molar refractivity (Wildman–Crippen MR) is 63.7 cm³/mol. The van der Waals surface area contributed by atoms with Gasteiger partial charge in [-0.1, -0.05) is 0 Å². The van der Waals surface area contributed by atoms with Crippen LogP contribution in [0.15, 0.2) is 0 Å². The second kappa shape index (κ2) is 9.38. The van der Waals surface area contributed by atoms with E-state index in [2.05, 4.69) is 5.32 Å². The molecule has 0 aliphatic heterocycles. The lowest BCUT2D eigenvalue weighted by atomic mass is 10.1. The molecular weight excluding hydrogens is 234 g/mol. The molecule has 0 rings (SSSR count). The zero-order chi connectivity index (χ0) is 11.8. The third-order valence-corrected chi connectivity index (χ3v) is 1.93. The zero-order valence-electron chi connectivity index (χ0n) is 9.60. The van der Waals surface area contributed by atoms with Gasteiger partial charge in [0.15, 0.2) is 0 Å². The molecule has 0 bridgehead atoms. The lowest BCUT2D eigenvalue weighted by Gasteiger charge is -2.15. The van der Waals surface area contributed by atoms with Gasteiger partial charge < -0.3 is 21.1 Å². The van der Waals surface area contributed by atoms with E-state index < -0.39 is 17.9 Å². The number of hydrogen-bond donors (Lipinski definition) is 3. The predicted octanol–water partition coefficient (Wildman–Crippen LogP) is -0.722. The summed E-state index contributed by atoms with van der Waals surface area (Å²) in [7, 11) is 3.81. The van der Waals surface area contributed by atoms with Crippen molar-refractivity contribution in [2.45, 2.75) is 18.9 Å². The molecule has 0 spiro atoms. The van der Waals surface area contributed by atoms with Crippen LogP contribution in [0.4, 0.5) is 0 Å². The smallest absolute Gasteiger partial charge is 0.320 e. The number of rotatable bonds is 8. The summed E-state index contributed by atoms with van der Waals surface area (Å²) in [5.74, 6) is -1.43. The fourth-order valence-electron chi connectivity index (χ4n) is 1.06. The summed E-state index contributed by atoms with van der Waals surface area (Å²) in [6.45, 7) is 1.32. The van der Waals surface area contributed by atoms with E-state index in [0.29, 0.717) is 6.54 Å². The van der Waals surface area contributed by atoms with Crippen molar-refractivity contribution in [1.29, 1.82) is 0 Å². The summed E-state index contributed by atoms with van der Waals surface area (Å²) in [6.07, 6.45) is 0.323. The normalized spacial score (nSPS) is 11.9. The summed E-state index contributed by atoms with van der Waals surface area (Å²) in [6, 6.07) is -0.697. The molecule has 0 aromatic carbocycles. The van der Waals surface area contributed by atoms with Gasteiger partial charge in [0.05, 0.1) is 0 Å². The average molecular weight is 254 g/mol. The molecule has 0 fully saturated rings. The first-order valence-corrected chi connectivity index (χ1v) is 4.82. The molecule has 0 aromatic heterocycles. The Balaban J connectivity index is 0. The van der Waals surface area contributed by atoms with Crippen molar-refractivity contribution in [3.8, 4) is 0 Å². The number of nitrogens with one attached hydrogen (secondary N) is 1. The van der Waals surface area contributed by atoms with Gasteiger partial charge in [0.25, 0.3) is 0 Å². The van der Waals surface area contributed by atoms with Crippen LogP contribution in [0.5, 0.6) is 0 Å². The Morgan fingerprint density at radius 3 is 2.38 bits per heavy atom. The molecule has 1 atom stereocenters. The Kier molecular flexibility index (Phi) is 10.3. The van der Waals surface area contributed by atoms with Crippen LogP contribution in [0.2, 0.25) is 0 Å². The summed E-state index contributed by atoms with van der Waals surface area (Å²) < 4.78 is 0. The third-order valence-electron chi connectivity index (χ3n) is 1.93. The van der Waals surface area contributed by atoms with Crippen LogP contribution in [0.1, 0.15) is 12.8 Å². The Morgan fingerprint density at radius 2 is 2.00 bits per heavy atom. The van der Waals surface area contributed by atoms with E-state index in [-0.39, 0.29) is 25.2 Å². The van der Waals surface area contributed by atoms with Crippen molar-refractivity contribution in [2.24, 2.45) is 5.73 Å². The molecule has 0 aliphatic carbocycles. The fourth-order valence-corrected chi connectivity index (χ4v) is 1.06. The van der Waals surface area contributed by atoms with Crippen molar-refractivity contribution in [3.63, 3.8) is 0 Å². The van der Waals surface area contributed by atoms with Crippen molar-refractivity contribution < 1.29 is 14.7 Å². The maximum Gasteiger partial charge on any atom is 0.320 e. The minimum atomic E-state index is -0.949. The van der Waals surface area contributed by atoms with Crippen LogP contribution in [-0.2, 0) is 9.59 Å². The second-order valence-corrected chi connectivity index (χ2v) is 3.65. The summed E-state index contributed by atoms with van der Waals surface area (Å²) in [5.41, 5.74) is 4.95. The molecule has 1 amide bonds. The van der Waals surface area contributed by atoms with Gasteiger partial charge in [-0.3, -0.25) is 9.59 Å². The molecular formula is C9H20ClN3O3. The van der Waals surface area contributed by atoms with E-state index in [1.807, 2.05) is 19.0 Å². The molecule has 16 heavy (non-hydrogen) atoms. The molecule has 0 heterocycles. The number of amides is 1. The summed E-state index contributed by atoms with van der Waals surface area (Å²) in [4.78, 5) is 23.2. The highest BCUT2D eigenvalue weighted by molar-refractivity contribution is 5.85. The van der Waals surface area contributed by atoms with Crippen LogP contribution in [0.3, 0.4) is 0 Å². The number of hydrogen-bond acceptors (Lipinski definition) is 4. The Morgan fingerprint density at radius 1 is 1.44 bits per heavy atom. The number of likely N-dealkylation sites (N-methyl/N-ethyl adjacent to an activating group) is 1. The lowest BCUT2D eigenvalue weighted by molar-refractivity contribution is -0.139. The molecule has 7 heteroatoms. The molecule has 0 saturated carbocycles. The second-order valence-electron chi connectivity index (χ2n) is 3.65. The molecule has 0 unspecified atom stereocenters. The van der Waals surface area contributed by atoms with Gasteiger partial charge >= 0.3 is 5.97 Å². The summed E-state index contributed by atoms with van der Waals surface area (Å²) >= 11 is 0. The Hall–Kier alpha value is -0.850. The SMILES string of the molecule is CN(C)CCN[C@@H](CCC(N)=O)C(=O)O.Cl. The maximum atomic E-state index is 10.8. The number of aliphatic carboxylic acids is 1. The van der Waals surface area contributed by atoms with E-state index in [9.17, 15) is 9.59 Å². The summed E-state index contributed by atoms with van der Waals surface area (Å²) in [5, 5.41) is 11.7. The third kappa shape index (κ3) is 9.70. The number of carboxylic acids is 1. The molecule has 96 valence electrons. The van der Waals surface area contributed by atoms with Crippen LogP contribution in [-0.4, -0.2) is 55.1 Å². The number of nitrogens with two attached hydrogens (primary N) is 1. The molecule has 6 nitrogen and oxygen atoms in total. The van der Waals surface area contributed by atoms with E-state index in [0.717, 1.165) is 6.54 Å². The zero-order valence-corrected chi connectivity index (χ0v) is 10.4. The number of nitrogens with zero attached hydrogens (tertiary/aromatic N) is 1. The minimum Gasteiger partial charge on any atom is -0.480 e. The van der Waals surface area contributed by atoms with Gasteiger partial charge in [-0.2, -0.15) is 0 Å². The van der Waals surface area contributed by atoms with E-state index >= 15 is 0 Å². The fraction of sp³-hybridized carbons (Fsp3) is 0.778. The highest BCUT2D eigenvalue weighted by atomic mass is 35.5.